The van der Waals surface area contributed by atoms with E-state index in [0.717, 1.165) is 12.1 Å². The number of halogens is 3. The van der Waals surface area contributed by atoms with Gasteiger partial charge in [-0.3, -0.25) is 0 Å². The molecule has 0 fully saturated rings. The molecule has 2 aromatic carbocycles. The number of carbonyl (C=O) groups excluding carboxylic acids is 1. The summed E-state index contributed by atoms with van der Waals surface area (Å²) in [4.78, 5) is 11.5. The van der Waals surface area contributed by atoms with Crippen molar-refractivity contribution in [1.82, 2.24) is 5.32 Å². The van der Waals surface area contributed by atoms with Crippen molar-refractivity contribution in [3.8, 4) is 5.75 Å². The van der Waals surface area contributed by atoms with Gasteiger partial charge < -0.3 is 15.4 Å². The van der Waals surface area contributed by atoms with Crippen molar-refractivity contribution >= 4 is 11.7 Å². The number of nitrogens with one attached hydrogen (secondary N) is 2. The Morgan fingerprint density at radius 2 is 1.73 bits per heavy atom. The Balaban J connectivity index is 1.70. The molecule has 0 spiro atoms. The van der Waals surface area contributed by atoms with Crippen LogP contribution in [0, 0.1) is 17.5 Å². The van der Waals surface area contributed by atoms with Crippen molar-refractivity contribution in [3.05, 3.63) is 59.9 Å². The molecule has 0 radical (unpaired) electrons. The number of carbonyl (C=O) groups is 1. The van der Waals surface area contributed by atoms with Gasteiger partial charge in [-0.1, -0.05) is 0 Å². The normalized spacial score (nSPS) is 10.1. The number of rotatable bonds is 5. The van der Waals surface area contributed by atoms with Crippen LogP contribution in [-0.2, 0) is 0 Å². The zero-order chi connectivity index (χ0) is 15.9. The average molecular weight is 310 g/mol. The largest absolute Gasteiger partial charge is 0.492 e. The van der Waals surface area contributed by atoms with Crippen LogP contribution in [0.25, 0.3) is 0 Å². The van der Waals surface area contributed by atoms with Gasteiger partial charge >= 0.3 is 6.03 Å². The number of amides is 2. The molecule has 22 heavy (non-hydrogen) atoms. The summed E-state index contributed by atoms with van der Waals surface area (Å²) in [6.07, 6.45) is 0. The van der Waals surface area contributed by atoms with E-state index in [1.807, 2.05) is 0 Å². The fraction of sp³-hybridized carbons (Fsp3) is 0.133. The molecule has 2 N–H and O–H groups in total. The van der Waals surface area contributed by atoms with Crippen molar-refractivity contribution in [2.45, 2.75) is 0 Å². The maximum Gasteiger partial charge on any atom is 0.319 e. The highest BCUT2D eigenvalue weighted by Gasteiger charge is 2.04. The van der Waals surface area contributed by atoms with Gasteiger partial charge in [-0.15, -0.1) is 0 Å². The van der Waals surface area contributed by atoms with E-state index in [2.05, 4.69) is 10.6 Å². The quantitative estimate of drug-likeness (QED) is 0.833. The highest BCUT2D eigenvalue weighted by Crippen LogP contribution is 2.15. The number of anilines is 1. The molecule has 0 bridgehead atoms. The summed E-state index contributed by atoms with van der Waals surface area (Å²) < 4.78 is 43.5. The molecule has 2 aromatic rings. The van der Waals surface area contributed by atoms with Crippen molar-refractivity contribution in [1.29, 1.82) is 0 Å². The Morgan fingerprint density at radius 1 is 1.00 bits per heavy atom. The van der Waals surface area contributed by atoms with Crippen LogP contribution in [0.3, 0.4) is 0 Å². The van der Waals surface area contributed by atoms with Gasteiger partial charge in [0, 0.05) is 11.8 Å². The first-order chi connectivity index (χ1) is 10.5. The molecule has 2 rings (SSSR count). The van der Waals surface area contributed by atoms with Gasteiger partial charge in [0.15, 0.2) is 11.6 Å². The lowest BCUT2D eigenvalue weighted by molar-refractivity contribution is 0.247. The fourth-order valence-corrected chi connectivity index (χ4v) is 1.61. The van der Waals surface area contributed by atoms with E-state index in [-0.39, 0.29) is 18.9 Å². The third-order valence-electron chi connectivity index (χ3n) is 2.65. The van der Waals surface area contributed by atoms with E-state index in [9.17, 15) is 18.0 Å². The molecule has 0 heterocycles. The van der Waals surface area contributed by atoms with E-state index in [1.54, 1.807) is 0 Å². The van der Waals surface area contributed by atoms with Gasteiger partial charge in [0.1, 0.15) is 18.2 Å². The second kappa shape index (κ2) is 7.35. The first kappa shape index (κ1) is 15.7. The van der Waals surface area contributed by atoms with Crippen LogP contribution >= 0.6 is 0 Å². The van der Waals surface area contributed by atoms with Crippen LogP contribution in [0.5, 0.6) is 5.75 Å². The van der Waals surface area contributed by atoms with Crippen LogP contribution in [0.4, 0.5) is 23.7 Å². The van der Waals surface area contributed by atoms with Gasteiger partial charge in [0.05, 0.1) is 6.54 Å². The van der Waals surface area contributed by atoms with Crippen molar-refractivity contribution in [2.75, 3.05) is 18.5 Å². The van der Waals surface area contributed by atoms with Gasteiger partial charge in [-0.05, 0) is 36.4 Å². The molecule has 4 nitrogen and oxygen atoms in total. The molecule has 2 amide bonds. The Morgan fingerprint density at radius 3 is 2.41 bits per heavy atom. The SMILES string of the molecule is O=C(NCCOc1ccc(F)c(F)c1)Nc1ccc(F)cc1. The predicted octanol–water partition coefficient (Wildman–Crippen LogP) is 3.30. The van der Waals surface area contributed by atoms with Crippen LogP contribution < -0.4 is 15.4 Å². The average Bonchev–Trinajstić information content (AvgIpc) is 2.49. The number of hydrogen-bond donors (Lipinski definition) is 2. The number of benzene rings is 2. The van der Waals surface area contributed by atoms with Crippen LogP contribution in [0.15, 0.2) is 42.5 Å². The molecule has 0 saturated heterocycles. The van der Waals surface area contributed by atoms with E-state index in [4.69, 9.17) is 4.74 Å². The van der Waals surface area contributed by atoms with E-state index in [1.165, 1.54) is 30.3 Å². The maximum absolute atomic E-state index is 12.9. The summed E-state index contributed by atoms with van der Waals surface area (Å²) in [7, 11) is 0. The molecule has 0 aliphatic carbocycles. The summed E-state index contributed by atoms with van der Waals surface area (Å²) in [6, 6.07) is 7.98. The van der Waals surface area contributed by atoms with Gasteiger partial charge in [0.25, 0.3) is 0 Å². The molecule has 0 unspecified atom stereocenters. The Hall–Kier alpha value is -2.70. The maximum atomic E-state index is 12.9. The highest BCUT2D eigenvalue weighted by molar-refractivity contribution is 5.89. The Kier molecular flexibility index (Phi) is 5.24. The second-order valence-corrected chi connectivity index (χ2v) is 4.31. The Bertz CT molecular complexity index is 648. The van der Waals surface area contributed by atoms with E-state index >= 15 is 0 Å². The van der Waals surface area contributed by atoms with Gasteiger partial charge in [-0.25, -0.2) is 18.0 Å². The number of ether oxygens (including phenoxy) is 1. The topological polar surface area (TPSA) is 50.4 Å². The second-order valence-electron chi connectivity index (χ2n) is 4.31. The minimum Gasteiger partial charge on any atom is -0.492 e. The standard InChI is InChI=1S/C15H13F3N2O2/c16-10-1-3-11(4-2-10)20-15(21)19-7-8-22-12-5-6-13(17)14(18)9-12/h1-6,9H,7-8H2,(H2,19,20,21). The molecule has 0 atom stereocenters. The fourth-order valence-electron chi connectivity index (χ4n) is 1.61. The first-order valence-electron chi connectivity index (χ1n) is 6.43. The lowest BCUT2D eigenvalue weighted by atomic mass is 10.3. The lowest BCUT2D eigenvalue weighted by Crippen LogP contribution is -2.32. The minimum atomic E-state index is -1.00. The van der Waals surface area contributed by atoms with E-state index < -0.39 is 23.5 Å². The molecule has 0 aliphatic heterocycles. The molecular weight excluding hydrogens is 297 g/mol. The minimum absolute atomic E-state index is 0.0852. The molecule has 0 aromatic heterocycles. The molecule has 0 saturated carbocycles. The number of urea groups is 1. The summed E-state index contributed by atoms with van der Waals surface area (Å²) >= 11 is 0. The number of hydrogen-bond acceptors (Lipinski definition) is 2. The Labute approximate surface area is 124 Å². The predicted molar refractivity (Wildman–Crippen MR) is 75.3 cm³/mol. The zero-order valence-electron chi connectivity index (χ0n) is 11.4. The van der Waals surface area contributed by atoms with Crippen LogP contribution in [-0.4, -0.2) is 19.2 Å². The third kappa shape index (κ3) is 4.69. The summed E-state index contributed by atoms with van der Waals surface area (Å²) in [5.41, 5.74) is 0.445. The first-order valence-corrected chi connectivity index (χ1v) is 6.43. The summed E-state index contributed by atoms with van der Waals surface area (Å²) in [5.74, 6) is -2.19. The monoisotopic (exact) mass is 310 g/mol. The van der Waals surface area contributed by atoms with E-state index in [0.29, 0.717) is 5.69 Å². The summed E-state index contributed by atoms with van der Waals surface area (Å²) in [6.45, 7) is 0.244. The molecular formula is C15H13F3N2O2. The highest BCUT2D eigenvalue weighted by atomic mass is 19.2. The van der Waals surface area contributed by atoms with Crippen LogP contribution in [0.1, 0.15) is 0 Å². The van der Waals surface area contributed by atoms with Crippen molar-refractivity contribution in [3.63, 3.8) is 0 Å². The van der Waals surface area contributed by atoms with Crippen molar-refractivity contribution < 1.29 is 22.7 Å². The van der Waals surface area contributed by atoms with Crippen LogP contribution in [0.2, 0.25) is 0 Å². The van der Waals surface area contributed by atoms with Gasteiger partial charge in [0.2, 0.25) is 0 Å². The van der Waals surface area contributed by atoms with Gasteiger partial charge in [-0.2, -0.15) is 0 Å². The zero-order valence-corrected chi connectivity index (χ0v) is 11.4. The smallest absolute Gasteiger partial charge is 0.319 e. The third-order valence-corrected chi connectivity index (χ3v) is 2.65. The van der Waals surface area contributed by atoms with Crippen molar-refractivity contribution in [2.24, 2.45) is 0 Å². The summed E-state index contributed by atoms with van der Waals surface area (Å²) in [5, 5.41) is 5.01. The lowest BCUT2D eigenvalue weighted by Gasteiger charge is -2.09. The molecule has 0 aliphatic rings. The molecule has 7 heteroatoms. The molecule has 116 valence electrons.